The van der Waals surface area contributed by atoms with Crippen LogP contribution in [0.3, 0.4) is 0 Å². The summed E-state index contributed by atoms with van der Waals surface area (Å²) in [6.07, 6.45) is 1.87. The molecule has 0 aliphatic carbocycles. The molecule has 4 heteroatoms. The molecule has 106 valence electrons. The third-order valence-corrected chi connectivity index (χ3v) is 4.06. The van der Waals surface area contributed by atoms with Gasteiger partial charge in [0.25, 0.3) is 5.91 Å². The number of carbonyl (C=O) groups excluding carboxylic acids is 1. The van der Waals surface area contributed by atoms with Crippen LogP contribution in [0.25, 0.3) is 10.9 Å². The fourth-order valence-corrected chi connectivity index (χ4v) is 2.57. The number of aromatic nitrogens is 1. The molecule has 0 aliphatic heterocycles. The van der Waals surface area contributed by atoms with Crippen molar-refractivity contribution in [3.05, 3.63) is 70.3 Å². The number of fused-ring (bicyclic) bond motifs is 1. The van der Waals surface area contributed by atoms with Crippen molar-refractivity contribution < 1.29 is 4.79 Å². The van der Waals surface area contributed by atoms with Gasteiger partial charge in [-0.15, -0.1) is 0 Å². The van der Waals surface area contributed by atoms with Gasteiger partial charge < -0.3 is 10.3 Å². The van der Waals surface area contributed by atoms with Crippen molar-refractivity contribution in [1.82, 2.24) is 10.3 Å². The predicted molar refractivity (Wildman–Crippen MR) is 88.3 cm³/mol. The Balaban J connectivity index is 1.77. The van der Waals surface area contributed by atoms with Crippen molar-refractivity contribution >= 4 is 32.7 Å². The summed E-state index contributed by atoms with van der Waals surface area (Å²) in [7, 11) is 0. The fraction of sp³-hybridized carbons (Fsp3) is 0.118. The second-order valence-electron chi connectivity index (χ2n) is 5.03. The number of H-pyrrole nitrogens is 1. The van der Waals surface area contributed by atoms with Crippen LogP contribution in [0, 0.1) is 0 Å². The number of hydrogen-bond acceptors (Lipinski definition) is 1. The molecule has 0 fully saturated rings. The van der Waals surface area contributed by atoms with Gasteiger partial charge in [0.1, 0.15) is 0 Å². The third-order valence-electron chi connectivity index (χ3n) is 3.53. The number of hydrogen-bond donors (Lipinski definition) is 2. The molecule has 0 radical (unpaired) electrons. The van der Waals surface area contributed by atoms with Gasteiger partial charge in [-0.05, 0) is 48.2 Å². The van der Waals surface area contributed by atoms with Gasteiger partial charge in [-0.25, -0.2) is 0 Å². The molecule has 1 aromatic heterocycles. The highest BCUT2D eigenvalue weighted by atomic mass is 79.9. The topological polar surface area (TPSA) is 44.9 Å². The Labute approximate surface area is 131 Å². The average molecular weight is 343 g/mol. The first-order valence-corrected chi connectivity index (χ1v) is 7.56. The number of amides is 1. The fourth-order valence-electron chi connectivity index (χ4n) is 2.30. The second kappa shape index (κ2) is 5.74. The Hall–Kier alpha value is -2.07. The molecular formula is C17H15BrN2O. The van der Waals surface area contributed by atoms with E-state index in [-0.39, 0.29) is 11.9 Å². The van der Waals surface area contributed by atoms with Crippen molar-refractivity contribution in [3.63, 3.8) is 0 Å². The van der Waals surface area contributed by atoms with Gasteiger partial charge in [0, 0.05) is 21.7 Å². The summed E-state index contributed by atoms with van der Waals surface area (Å²) in [5.74, 6) is -0.0677. The minimum Gasteiger partial charge on any atom is -0.361 e. The molecular weight excluding hydrogens is 328 g/mol. The van der Waals surface area contributed by atoms with E-state index in [0.717, 1.165) is 20.9 Å². The quantitative estimate of drug-likeness (QED) is 0.726. The predicted octanol–water partition coefficient (Wildman–Crippen LogP) is 4.42. The highest BCUT2D eigenvalue weighted by Crippen LogP contribution is 2.18. The van der Waals surface area contributed by atoms with Crippen LogP contribution in [0.5, 0.6) is 0 Å². The number of carbonyl (C=O) groups is 1. The van der Waals surface area contributed by atoms with Crippen molar-refractivity contribution in [3.8, 4) is 0 Å². The van der Waals surface area contributed by atoms with Gasteiger partial charge in [-0.3, -0.25) is 4.79 Å². The minimum absolute atomic E-state index is 0.0371. The Morgan fingerprint density at radius 1 is 1.14 bits per heavy atom. The first kappa shape index (κ1) is 13.9. The molecule has 0 spiro atoms. The third kappa shape index (κ3) is 3.00. The molecule has 1 atom stereocenters. The molecule has 0 unspecified atom stereocenters. The van der Waals surface area contributed by atoms with E-state index < -0.39 is 0 Å². The largest absolute Gasteiger partial charge is 0.361 e. The maximum Gasteiger partial charge on any atom is 0.251 e. The zero-order valence-electron chi connectivity index (χ0n) is 11.6. The lowest BCUT2D eigenvalue weighted by Gasteiger charge is -2.14. The Morgan fingerprint density at radius 3 is 2.67 bits per heavy atom. The Kier molecular flexibility index (Phi) is 3.80. The maximum atomic E-state index is 12.3. The summed E-state index contributed by atoms with van der Waals surface area (Å²) in [6.45, 7) is 1.98. The van der Waals surface area contributed by atoms with Crippen LogP contribution in [-0.2, 0) is 0 Å². The monoisotopic (exact) mass is 342 g/mol. The van der Waals surface area contributed by atoms with Crippen LogP contribution in [0.2, 0.25) is 0 Å². The first-order chi connectivity index (χ1) is 10.1. The standard InChI is InChI=1S/C17H15BrN2O/c1-11(12-4-6-15(18)7-5-12)20-17(21)14-3-2-13-8-9-19-16(13)10-14/h2-11,19H,1H3,(H,20,21)/t11-/m1/s1. The second-order valence-corrected chi connectivity index (χ2v) is 5.94. The van der Waals surface area contributed by atoms with Gasteiger partial charge in [0.05, 0.1) is 6.04 Å². The summed E-state index contributed by atoms with van der Waals surface area (Å²) in [6, 6.07) is 15.6. The number of aromatic amines is 1. The summed E-state index contributed by atoms with van der Waals surface area (Å²) < 4.78 is 1.03. The summed E-state index contributed by atoms with van der Waals surface area (Å²) in [4.78, 5) is 15.4. The van der Waals surface area contributed by atoms with Gasteiger partial charge in [-0.1, -0.05) is 34.1 Å². The van der Waals surface area contributed by atoms with Crippen molar-refractivity contribution in [2.24, 2.45) is 0 Å². The van der Waals surface area contributed by atoms with Crippen molar-refractivity contribution in [2.45, 2.75) is 13.0 Å². The number of rotatable bonds is 3. The number of halogens is 1. The van der Waals surface area contributed by atoms with E-state index in [1.807, 2.05) is 61.7 Å². The van der Waals surface area contributed by atoms with Gasteiger partial charge in [-0.2, -0.15) is 0 Å². The molecule has 3 rings (SSSR count). The highest BCUT2D eigenvalue weighted by Gasteiger charge is 2.12. The lowest BCUT2D eigenvalue weighted by Crippen LogP contribution is -2.26. The van der Waals surface area contributed by atoms with E-state index in [1.54, 1.807) is 0 Å². The van der Waals surface area contributed by atoms with Crippen LogP contribution < -0.4 is 5.32 Å². The molecule has 3 nitrogen and oxygen atoms in total. The van der Waals surface area contributed by atoms with Crippen LogP contribution in [0.1, 0.15) is 28.9 Å². The molecule has 0 aliphatic rings. The SMILES string of the molecule is C[C@@H](NC(=O)c1ccc2cc[nH]c2c1)c1ccc(Br)cc1. The summed E-state index contributed by atoms with van der Waals surface area (Å²) >= 11 is 3.41. The summed E-state index contributed by atoms with van der Waals surface area (Å²) in [5.41, 5.74) is 2.71. The molecule has 1 amide bonds. The molecule has 2 N–H and O–H groups in total. The zero-order valence-corrected chi connectivity index (χ0v) is 13.1. The lowest BCUT2D eigenvalue weighted by molar-refractivity contribution is 0.0940. The molecule has 21 heavy (non-hydrogen) atoms. The molecule has 0 saturated heterocycles. The van der Waals surface area contributed by atoms with Gasteiger partial charge in [0.15, 0.2) is 0 Å². The zero-order chi connectivity index (χ0) is 14.8. The average Bonchev–Trinajstić information content (AvgIpc) is 2.95. The molecule has 1 heterocycles. The van der Waals surface area contributed by atoms with Gasteiger partial charge in [0.2, 0.25) is 0 Å². The first-order valence-electron chi connectivity index (χ1n) is 6.77. The molecule has 3 aromatic rings. The van der Waals surface area contributed by atoms with Crippen LogP contribution in [-0.4, -0.2) is 10.9 Å². The Morgan fingerprint density at radius 2 is 1.90 bits per heavy atom. The minimum atomic E-state index is -0.0677. The van der Waals surface area contributed by atoms with Gasteiger partial charge >= 0.3 is 0 Å². The van der Waals surface area contributed by atoms with Crippen LogP contribution >= 0.6 is 15.9 Å². The Bertz CT molecular complexity index is 777. The normalized spacial score (nSPS) is 12.3. The smallest absolute Gasteiger partial charge is 0.251 e. The number of benzene rings is 2. The molecule has 2 aromatic carbocycles. The number of nitrogens with one attached hydrogen (secondary N) is 2. The molecule has 0 saturated carbocycles. The van der Waals surface area contributed by atoms with Crippen molar-refractivity contribution in [2.75, 3.05) is 0 Å². The van der Waals surface area contributed by atoms with E-state index in [4.69, 9.17) is 0 Å². The van der Waals surface area contributed by atoms with E-state index in [2.05, 4.69) is 26.2 Å². The van der Waals surface area contributed by atoms with Crippen LogP contribution in [0.4, 0.5) is 0 Å². The van der Waals surface area contributed by atoms with E-state index in [0.29, 0.717) is 5.56 Å². The highest BCUT2D eigenvalue weighted by molar-refractivity contribution is 9.10. The van der Waals surface area contributed by atoms with E-state index >= 15 is 0 Å². The van der Waals surface area contributed by atoms with Crippen molar-refractivity contribution in [1.29, 1.82) is 0 Å². The van der Waals surface area contributed by atoms with E-state index in [9.17, 15) is 4.79 Å². The summed E-state index contributed by atoms with van der Waals surface area (Å²) in [5, 5.41) is 4.12. The van der Waals surface area contributed by atoms with E-state index in [1.165, 1.54) is 0 Å². The molecule has 0 bridgehead atoms. The van der Waals surface area contributed by atoms with Crippen LogP contribution in [0.15, 0.2) is 59.2 Å². The lowest BCUT2D eigenvalue weighted by atomic mass is 10.1. The maximum absolute atomic E-state index is 12.3.